The zero-order valence-corrected chi connectivity index (χ0v) is 10.2. The molecule has 0 saturated carbocycles. The molecule has 0 heterocycles. The first-order chi connectivity index (χ1) is 8.02. The lowest BCUT2D eigenvalue weighted by Gasteiger charge is -2.08. The fraction of sp³-hybridized carbons (Fsp3) is 0.364. The number of hydrogen-bond donors (Lipinski definition) is 2. The van der Waals surface area contributed by atoms with Crippen LogP contribution in [0.15, 0.2) is 18.2 Å². The topological polar surface area (TPSA) is 55.1 Å². The maximum atomic E-state index is 12.9. The average Bonchev–Trinajstić information content (AvgIpc) is 2.31. The summed E-state index contributed by atoms with van der Waals surface area (Å²) in [5.41, 5.74) is 5.65. The minimum absolute atomic E-state index is 0.186. The molecule has 0 aliphatic rings. The third-order valence-corrected chi connectivity index (χ3v) is 3.22. The van der Waals surface area contributed by atoms with Gasteiger partial charge in [-0.3, -0.25) is 4.79 Å². The summed E-state index contributed by atoms with van der Waals surface area (Å²) in [6.07, 6.45) is 0. The van der Waals surface area contributed by atoms with E-state index in [4.69, 9.17) is 5.73 Å². The number of carbonyl (C=O) groups excluding carboxylic acids is 1. The highest BCUT2D eigenvalue weighted by atomic mass is 32.2. The van der Waals surface area contributed by atoms with Crippen molar-refractivity contribution < 1.29 is 13.6 Å². The second-order valence-corrected chi connectivity index (χ2v) is 4.96. The zero-order valence-electron chi connectivity index (χ0n) is 9.37. The fourth-order valence-corrected chi connectivity index (χ4v) is 1.70. The van der Waals surface area contributed by atoms with Crippen molar-refractivity contribution in [3.05, 3.63) is 29.8 Å². The van der Waals surface area contributed by atoms with Gasteiger partial charge in [-0.15, -0.1) is 11.8 Å². The van der Waals surface area contributed by atoms with Crippen molar-refractivity contribution in [3.63, 3.8) is 0 Å². The lowest BCUT2D eigenvalue weighted by molar-refractivity contribution is -0.113. The highest BCUT2D eigenvalue weighted by molar-refractivity contribution is 8.00. The predicted molar refractivity (Wildman–Crippen MR) is 66.0 cm³/mol. The van der Waals surface area contributed by atoms with Gasteiger partial charge in [0.25, 0.3) is 0 Å². The second-order valence-electron chi connectivity index (χ2n) is 3.53. The van der Waals surface area contributed by atoms with Crippen molar-refractivity contribution in [3.8, 4) is 0 Å². The summed E-state index contributed by atoms with van der Waals surface area (Å²) in [6, 6.07) is 3.23. The van der Waals surface area contributed by atoms with Gasteiger partial charge in [0.05, 0.1) is 5.75 Å². The van der Waals surface area contributed by atoms with E-state index >= 15 is 0 Å². The van der Waals surface area contributed by atoms with Gasteiger partial charge in [0.2, 0.25) is 5.91 Å². The zero-order chi connectivity index (χ0) is 12.8. The quantitative estimate of drug-likeness (QED) is 0.851. The van der Waals surface area contributed by atoms with Gasteiger partial charge in [0.15, 0.2) is 11.6 Å². The first kappa shape index (κ1) is 13.9. The van der Waals surface area contributed by atoms with Crippen LogP contribution < -0.4 is 11.1 Å². The van der Waals surface area contributed by atoms with Gasteiger partial charge in [0, 0.05) is 23.5 Å². The third kappa shape index (κ3) is 4.70. The number of amides is 1. The van der Waals surface area contributed by atoms with Crippen molar-refractivity contribution in [1.82, 2.24) is 0 Å². The first-order valence-corrected chi connectivity index (χ1v) is 6.14. The summed E-state index contributed by atoms with van der Waals surface area (Å²) in [6.45, 7) is 2.40. The van der Waals surface area contributed by atoms with E-state index in [-0.39, 0.29) is 22.6 Å². The number of rotatable bonds is 5. The molecule has 0 aliphatic carbocycles. The van der Waals surface area contributed by atoms with E-state index in [0.717, 1.165) is 12.1 Å². The summed E-state index contributed by atoms with van der Waals surface area (Å²) < 4.78 is 25.5. The molecular formula is C11H14F2N2OS. The Morgan fingerprint density at radius 2 is 2.18 bits per heavy atom. The molecule has 0 aliphatic heterocycles. The van der Waals surface area contributed by atoms with Crippen molar-refractivity contribution in [1.29, 1.82) is 0 Å². The molecule has 0 aromatic heterocycles. The van der Waals surface area contributed by atoms with E-state index in [9.17, 15) is 13.6 Å². The maximum absolute atomic E-state index is 12.9. The standard InChI is InChI=1S/C11H14F2N2OS/c1-7(5-14)17-6-11(16)15-8-2-3-9(12)10(13)4-8/h2-4,7H,5-6,14H2,1H3,(H,15,16). The van der Waals surface area contributed by atoms with Crippen LogP contribution in [0.1, 0.15) is 6.92 Å². The third-order valence-electron chi connectivity index (χ3n) is 2.03. The Bertz CT molecular complexity index is 401. The molecule has 0 spiro atoms. The first-order valence-electron chi connectivity index (χ1n) is 5.09. The second kappa shape index (κ2) is 6.56. The molecular weight excluding hydrogens is 246 g/mol. The van der Waals surface area contributed by atoms with Crippen LogP contribution in [-0.2, 0) is 4.79 Å². The number of anilines is 1. The Morgan fingerprint density at radius 1 is 1.47 bits per heavy atom. The molecule has 1 aromatic rings. The van der Waals surface area contributed by atoms with Crippen LogP contribution in [0, 0.1) is 11.6 Å². The molecule has 0 radical (unpaired) electrons. The fourth-order valence-electron chi connectivity index (χ4n) is 1.06. The minimum atomic E-state index is -0.981. The van der Waals surface area contributed by atoms with Gasteiger partial charge in [-0.25, -0.2) is 8.78 Å². The number of nitrogens with one attached hydrogen (secondary N) is 1. The van der Waals surface area contributed by atoms with E-state index in [0.29, 0.717) is 6.54 Å². The van der Waals surface area contributed by atoms with Crippen LogP contribution in [0.2, 0.25) is 0 Å². The molecule has 1 aromatic carbocycles. The van der Waals surface area contributed by atoms with Gasteiger partial charge in [-0.1, -0.05) is 6.92 Å². The Morgan fingerprint density at radius 3 is 2.76 bits per heavy atom. The normalized spacial score (nSPS) is 12.2. The molecule has 1 rings (SSSR count). The Hall–Kier alpha value is -1.14. The van der Waals surface area contributed by atoms with Gasteiger partial charge >= 0.3 is 0 Å². The number of halogens is 2. The number of carbonyl (C=O) groups is 1. The largest absolute Gasteiger partial charge is 0.329 e. The monoisotopic (exact) mass is 260 g/mol. The molecule has 3 nitrogen and oxygen atoms in total. The summed E-state index contributed by atoms with van der Waals surface area (Å²) in [4.78, 5) is 11.4. The SMILES string of the molecule is CC(CN)SCC(=O)Nc1ccc(F)c(F)c1. The summed E-state index contributed by atoms with van der Waals surface area (Å²) in [7, 11) is 0. The van der Waals surface area contributed by atoms with Crippen LogP contribution in [0.25, 0.3) is 0 Å². The van der Waals surface area contributed by atoms with Gasteiger partial charge in [-0.05, 0) is 12.1 Å². The Balaban J connectivity index is 2.48. The number of nitrogens with two attached hydrogens (primary N) is 1. The van der Waals surface area contributed by atoms with Crippen LogP contribution in [-0.4, -0.2) is 23.5 Å². The van der Waals surface area contributed by atoms with E-state index in [1.807, 2.05) is 6.92 Å². The molecule has 0 saturated heterocycles. The van der Waals surface area contributed by atoms with Gasteiger partial charge in [-0.2, -0.15) is 0 Å². The van der Waals surface area contributed by atoms with E-state index in [2.05, 4.69) is 5.32 Å². The molecule has 1 unspecified atom stereocenters. The Kier molecular flexibility index (Phi) is 5.37. The lowest BCUT2D eigenvalue weighted by atomic mass is 10.3. The van der Waals surface area contributed by atoms with Crippen LogP contribution in [0.5, 0.6) is 0 Å². The molecule has 1 amide bonds. The predicted octanol–water partition coefficient (Wildman–Crippen LogP) is 1.98. The number of hydrogen-bond acceptors (Lipinski definition) is 3. The molecule has 0 fully saturated rings. The summed E-state index contributed by atoms with van der Waals surface area (Å²) in [5.74, 6) is -1.95. The Labute approximate surface area is 103 Å². The average molecular weight is 260 g/mol. The number of thioether (sulfide) groups is 1. The van der Waals surface area contributed by atoms with E-state index in [1.165, 1.54) is 17.8 Å². The molecule has 3 N–H and O–H groups in total. The van der Waals surface area contributed by atoms with Crippen molar-refractivity contribution in [2.24, 2.45) is 5.73 Å². The van der Waals surface area contributed by atoms with Crippen molar-refractivity contribution in [2.45, 2.75) is 12.2 Å². The van der Waals surface area contributed by atoms with Crippen molar-refractivity contribution >= 4 is 23.4 Å². The molecule has 17 heavy (non-hydrogen) atoms. The summed E-state index contributed by atoms with van der Waals surface area (Å²) >= 11 is 1.41. The van der Waals surface area contributed by atoms with E-state index in [1.54, 1.807) is 0 Å². The molecule has 6 heteroatoms. The highest BCUT2D eigenvalue weighted by Crippen LogP contribution is 2.14. The van der Waals surface area contributed by atoms with Gasteiger partial charge in [0.1, 0.15) is 0 Å². The molecule has 0 bridgehead atoms. The van der Waals surface area contributed by atoms with Crippen LogP contribution in [0.3, 0.4) is 0 Å². The van der Waals surface area contributed by atoms with Crippen LogP contribution >= 0.6 is 11.8 Å². The smallest absolute Gasteiger partial charge is 0.234 e. The van der Waals surface area contributed by atoms with Crippen LogP contribution in [0.4, 0.5) is 14.5 Å². The lowest BCUT2D eigenvalue weighted by Crippen LogP contribution is -2.19. The number of benzene rings is 1. The van der Waals surface area contributed by atoms with Crippen molar-refractivity contribution in [2.75, 3.05) is 17.6 Å². The van der Waals surface area contributed by atoms with Gasteiger partial charge < -0.3 is 11.1 Å². The highest BCUT2D eigenvalue weighted by Gasteiger charge is 2.08. The minimum Gasteiger partial charge on any atom is -0.329 e. The van der Waals surface area contributed by atoms with E-state index < -0.39 is 11.6 Å². The summed E-state index contributed by atoms with van der Waals surface area (Å²) in [5, 5.41) is 2.67. The maximum Gasteiger partial charge on any atom is 0.234 e. The molecule has 94 valence electrons. The molecule has 1 atom stereocenters.